The van der Waals surface area contributed by atoms with E-state index in [1.54, 1.807) is 18.0 Å². The van der Waals surface area contributed by atoms with E-state index in [-0.39, 0.29) is 11.7 Å². The molecule has 0 N–H and O–H groups in total. The Labute approximate surface area is 162 Å². The van der Waals surface area contributed by atoms with E-state index >= 15 is 0 Å². The zero-order valence-electron chi connectivity index (χ0n) is 17.1. The maximum atomic E-state index is 12.6. The van der Waals surface area contributed by atoms with Crippen molar-refractivity contribution in [2.45, 2.75) is 78.1 Å². The van der Waals surface area contributed by atoms with E-state index in [0.29, 0.717) is 24.1 Å². The number of amides is 1. The topological polar surface area (TPSA) is 55.5 Å². The van der Waals surface area contributed by atoms with Gasteiger partial charge in [0, 0.05) is 25.7 Å². The number of carbonyl (C=O) groups is 1. The molecule has 150 valence electrons. The molecule has 0 saturated heterocycles. The summed E-state index contributed by atoms with van der Waals surface area (Å²) in [5, 5.41) is 0. The lowest BCUT2D eigenvalue weighted by atomic mass is 10.1. The van der Waals surface area contributed by atoms with E-state index in [1.165, 1.54) is 49.5 Å². The van der Waals surface area contributed by atoms with Crippen LogP contribution in [0.1, 0.15) is 78.1 Å². The Morgan fingerprint density at radius 3 is 2.26 bits per heavy atom. The van der Waals surface area contributed by atoms with Crippen LogP contribution >= 0.6 is 0 Å². The van der Waals surface area contributed by atoms with Crippen LogP contribution in [-0.2, 0) is 11.8 Å². The average Bonchev–Trinajstić information content (AvgIpc) is 2.95. The third-order valence-electron chi connectivity index (χ3n) is 5.20. The van der Waals surface area contributed by atoms with E-state index in [2.05, 4.69) is 6.92 Å². The summed E-state index contributed by atoms with van der Waals surface area (Å²) >= 11 is 0. The molecule has 1 aromatic carbocycles. The minimum absolute atomic E-state index is 0.147. The van der Waals surface area contributed by atoms with Gasteiger partial charge < -0.3 is 9.32 Å². The first kappa shape index (κ1) is 21.3. The fourth-order valence-corrected chi connectivity index (χ4v) is 3.51. The molecule has 27 heavy (non-hydrogen) atoms. The van der Waals surface area contributed by atoms with Gasteiger partial charge in [0.05, 0.1) is 5.52 Å². The molecule has 0 aliphatic rings. The summed E-state index contributed by atoms with van der Waals surface area (Å²) < 4.78 is 6.63. The number of carbonyl (C=O) groups excluding carboxylic acids is 1. The molecule has 1 aromatic heterocycles. The highest BCUT2D eigenvalue weighted by molar-refractivity contribution is 5.95. The zero-order chi connectivity index (χ0) is 19.6. The van der Waals surface area contributed by atoms with Gasteiger partial charge in [0.1, 0.15) is 0 Å². The second kappa shape index (κ2) is 11.0. The fraction of sp³-hybridized carbons (Fsp3) is 0.636. The van der Waals surface area contributed by atoms with Gasteiger partial charge >= 0.3 is 5.76 Å². The quantitative estimate of drug-likeness (QED) is 0.467. The number of benzene rings is 1. The lowest BCUT2D eigenvalue weighted by Crippen LogP contribution is -2.30. The molecule has 0 fully saturated rings. The fourth-order valence-electron chi connectivity index (χ4n) is 3.51. The lowest BCUT2D eigenvalue weighted by molar-refractivity contribution is -0.118. The summed E-state index contributed by atoms with van der Waals surface area (Å²) in [5.74, 6) is -0.237. The van der Waals surface area contributed by atoms with Gasteiger partial charge in [-0.1, -0.05) is 58.3 Å². The molecule has 0 radical (unpaired) electrons. The van der Waals surface area contributed by atoms with Crippen LogP contribution < -0.4 is 10.7 Å². The van der Waals surface area contributed by atoms with Crippen LogP contribution in [0.3, 0.4) is 0 Å². The summed E-state index contributed by atoms with van der Waals surface area (Å²) in [7, 11) is 1.68. The number of nitrogens with zero attached hydrogens (tertiary/aromatic N) is 2. The number of anilines is 1. The largest absolute Gasteiger partial charge is 0.419 e. The molecule has 1 amide bonds. The molecule has 0 bridgehead atoms. The minimum Gasteiger partial charge on any atom is -0.408 e. The Kier molecular flexibility index (Phi) is 8.62. The van der Waals surface area contributed by atoms with Crippen molar-refractivity contribution in [2.24, 2.45) is 7.05 Å². The third-order valence-corrected chi connectivity index (χ3v) is 5.20. The first-order valence-corrected chi connectivity index (χ1v) is 10.5. The van der Waals surface area contributed by atoms with Crippen LogP contribution in [0.25, 0.3) is 11.1 Å². The molecule has 2 rings (SSSR count). The Morgan fingerprint density at radius 2 is 1.63 bits per heavy atom. The summed E-state index contributed by atoms with van der Waals surface area (Å²) in [5.41, 5.74) is 2.09. The van der Waals surface area contributed by atoms with Crippen molar-refractivity contribution in [3.05, 3.63) is 28.7 Å². The number of aryl methyl sites for hydroxylation is 1. The molecule has 5 nitrogen and oxygen atoms in total. The molecule has 5 heteroatoms. The monoisotopic (exact) mass is 374 g/mol. The maximum Gasteiger partial charge on any atom is 0.419 e. The van der Waals surface area contributed by atoms with Crippen LogP contribution in [0.2, 0.25) is 0 Å². The predicted octanol–water partition coefficient (Wildman–Crippen LogP) is 5.41. The van der Waals surface area contributed by atoms with E-state index in [4.69, 9.17) is 4.42 Å². The highest BCUT2D eigenvalue weighted by Crippen LogP contribution is 2.22. The summed E-state index contributed by atoms with van der Waals surface area (Å²) in [6.45, 7) is 4.84. The van der Waals surface area contributed by atoms with Gasteiger partial charge in [0.15, 0.2) is 5.58 Å². The highest BCUT2D eigenvalue weighted by Gasteiger charge is 2.15. The van der Waals surface area contributed by atoms with Gasteiger partial charge in [0.25, 0.3) is 0 Å². The normalized spacial score (nSPS) is 11.2. The summed E-state index contributed by atoms with van der Waals surface area (Å²) in [4.78, 5) is 26.1. The Bertz CT molecular complexity index is 775. The van der Waals surface area contributed by atoms with Gasteiger partial charge in [-0.3, -0.25) is 9.36 Å². The molecule has 0 unspecified atom stereocenters. The SMILES string of the molecule is CCCCCCCCCCCC(=O)N(CC)c1ccc2oc(=O)n(C)c2c1. The molecule has 0 aliphatic carbocycles. The van der Waals surface area contributed by atoms with Gasteiger partial charge in [0.2, 0.25) is 5.91 Å². The molecule has 2 aromatic rings. The van der Waals surface area contributed by atoms with Crippen molar-refractivity contribution in [3.8, 4) is 0 Å². The number of hydrogen-bond donors (Lipinski definition) is 0. The standard InChI is InChI=1S/C22H34N2O3/c1-4-6-7-8-9-10-11-12-13-14-21(25)24(5-2)18-15-16-20-19(17-18)23(3)22(26)27-20/h15-17H,4-14H2,1-3H3. The Hall–Kier alpha value is -2.04. The lowest BCUT2D eigenvalue weighted by Gasteiger charge is -2.21. The van der Waals surface area contributed by atoms with Crippen LogP contribution in [0.4, 0.5) is 5.69 Å². The average molecular weight is 375 g/mol. The number of oxazole rings is 1. The molecule has 0 spiro atoms. The van der Waals surface area contributed by atoms with Gasteiger partial charge in [-0.2, -0.15) is 0 Å². The van der Waals surface area contributed by atoms with Gasteiger partial charge in [-0.05, 0) is 31.5 Å². The number of hydrogen-bond acceptors (Lipinski definition) is 3. The minimum atomic E-state index is -0.383. The van der Waals surface area contributed by atoms with E-state index in [0.717, 1.165) is 18.5 Å². The van der Waals surface area contributed by atoms with Crippen molar-refractivity contribution in [1.82, 2.24) is 4.57 Å². The van der Waals surface area contributed by atoms with Crippen molar-refractivity contribution in [1.29, 1.82) is 0 Å². The van der Waals surface area contributed by atoms with Gasteiger partial charge in [-0.25, -0.2) is 4.79 Å². The number of aromatic nitrogens is 1. The molecular weight excluding hydrogens is 340 g/mol. The molecule has 1 heterocycles. The second-order valence-corrected chi connectivity index (χ2v) is 7.30. The Morgan fingerprint density at radius 1 is 1.00 bits per heavy atom. The molecule has 0 atom stereocenters. The number of unbranched alkanes of at least 4 members (excludes halogenated alkanes) is 8. The first-order chi connectivity index (χ1) is 13.1. The van der Waals surface area contributed by atoms with Crippen molar-refractivity contribution in [2.75, 3.05) is 11.4 Å². The maximum absolute atomic E-state index is 12.6. The number of rotatable bonds is 12. The smallest absolute Gasteiger partial charge is 0.408 e. The highest BCUT2D eigenvalue weighted by atomic mass is 16.4. The van der Waals surface area contributed by atoms with E-state index in [9.17, 15) is 9.59 Å². The van der Waals surface area contributed by atoms with Crippen LogP contribution in [-0.4, -0.2) is 17.0 Å². The van der Waals surface area contributed by atoms with Crippen LogP contribution in [0, 0.1) is 0 Å². The first-order valence-electron chi connectivity index (χ1n) is 10.5. The number of fused-ring (bicyclic) bond motifs is 1. The van der Waals surface area contributed by atoms with E-state index in [1.807, 2.05) is 19.1 Å². The second-order valence-electron chi connectivity index (χ2n) is 7.30. The predicted molar refractivity (Wildman–Crippen MR) is 111 cm³/mol. The molecule has 0 saturated carbocycles. The summed E-state index contributed by atoms with van der Waals surface area (Å²) in [6.07, 6.45) is 11.8. The molecule has 0 aliphatic heterocycles. The Balaban J connectivity index is 1.80. The van der Waals surface area contributed by atoms with Crippen molar-refractivity contribution < 1.29 is 9.21 Å². The van der Waals surface area contributed by atoms with Gasteiger partial charge in [-0.15, -0.1) is 0 Å². The van der Waals surface area contributed by atoms with E-state index < -0.39 is 0 Å². The van der Waals surface area contributed by atoms with Crippen LogP contribution in [0.15, 0.2) is 27.4 Å². The van der Waals surface area contributed by atoms with Crippen molar-refractivity contribution in [3.63, 3.8) is 0 Å². The van der Waals surface area contributed by atoms with Crippen molar-refractivity contribution >= 4 is 22.7 Å². The molecular formula is C22H34N2O3. The zero-order valence-corrected chi connectivity index (χ0v) is 17.1. The third kappa shape index (κ3) is 5.98. The summed E-state index contributed by atoms with van der Waals surface area (Å²) in [6, 6.07) is 5.47. The van der Waals surface area contributed by atoms with Crippen LogP contribution in [0.5, 0.6) is 0 Å².